The second-order valence-electron chi connectivity index (χ2n) is 4.46. The van der Waals surface area contributed by atoms with Crippen molar-refractivity contribution in [3.63, 3.8) is 0 Å². The zero-order valence-corrected chi connectivity index (χ0v) is 10.3. The molecule has 1 aliphatic carbocycles. The molecule has 88 valence electrons. The summed E-state index contributed by atoms with van der Waals surface area (Å²) in [6.07, 6.45) is 3.60. The molecule has 0 radical (unpaired) electrons. The Morgan fingerprint density at radius 1 is 1.75 bits per heavy atom. The molecule has 2 rings (SSSR count). The van der Waals surface area contributed by atoms with Crippen LogP contribution in [0.3, 0.4) is 0 Å². The Balaban J connectivity index is 1.95. The number of thiophene rings is 1. The first-order valence-electron chi connectivity index (χ1n) is 5.77. The van der Waals surface area contributed by atoms with Crippen LogP contribution in [0.4, 0.5) is 0 Å². The largest absolute Gasteiger partial charge is 0.369 e. The Morgan fingerprint density at radius 2 is 2.56 bits per heavy atom. The standard InChI is InChI=1S/C12H18N2OS/c1-8(12(13)15)7-14-10-3-2-4-11-9(10)5-6-16-11/h5-6,8,10,14H,2-4,7H2,1H3,(H2,13,15). The highest BCUT2D eigenvalue weighted by molar-refractivity contribution is 7.10. The molecule has 2 unspecified atom stereocenters. The van der Waals surface area contributed by atoms with E-state index in [9.17, 15) is 4.79 Å². The van der Waals surface area contributed by atoms with Crippen LogP contribution >= 0.6 is 11.3 Å². The minimum atomic E-state index is -0.228. The molecule has 3 nitrogen and oxygen atoms in total. The van der Waals surface area contributed by atoms with E-state index in [2.05, 4.69) is 16.8 Å². The molecule has 0 bridgehead atoms. The summed E-state index contributed by atoms with van der Waals surface area (Å²) in [7, 11) is 0. The third-order valence-corrected chi connectivity index (χ3v) is 4.20. The number of carbonyl (C=O) groups excluding carboxylic acids is 1. The van der Waals surface area contributed by atoms with Gasteiger partial charge in [0.05, 0.1) is 0 Å². The van der Waals surface area contributed by atoms with Crippen LogP contribution in [0, 0.1) is 5.92 Å². The molecule has 1 amide bonds. The predicted octanol–water partition coefficient (Wildman–Crippen LogP) is 1.84. The average Bonchev–Trinajstić information content (AvgIpc) is 2.73. The first-order chi connectivity index (χ1) is 7.68. The molecular weight excluding hydrogens is 220 g/mol. The van der Waals surface area contributed by atoms with Crippen LogP contribution in [-0.2, 0) is 11.2 Å². The maximum Gasteiger partial charge on any atom is 0.221 e. The van der Waals surface area contributed by atoms with Gasteiger partial charge < -0.3 is 11.1 Å². The zero-order valence-electron chi connectivity index (χ0n) is 9.53. The van der Waals surface area contributed by atoms with Gasteiger partial charge in [0.15, 0.2) is 0 Å². The van der Waals surface area contributed by atoms with Crippen molar-refractivity contribution in [1.29, 1.82) is 0 Å². The lowest BCUT2D eigenvalue weighted by Gasteiger charge is -2.24. The van der Waals surface area contributed by atoms with E-state index in [0.29, 0.717) is 12.6 Å². The van der Waals surface area contributed by atoms with E-state index in [0.717, 1.165) is 6.42 Å². The van der Waals surface area contributed by atoms with E-state index < -0.39 is 0 Å². The summed E-state index contributed by atoms with van der Waals surface area (Å²) < 4.78 is 0. The monoisotopic (exact) mass is 238 g/mol. The Bertz CT molecular complexity index is 375. The predicted molar refractivity (Wildman–Crippen MR) is 66.4 cm³/mol. The van der Waals surface area contributed by atoms with Crippen LogP contribution < -0.4 is 11.1 Å². The van der Waals surface area contributed by atoms with Gasteiger partial charge in [-0.05, 0) is 36.3 Å². The molecule has 0 saturated heterocycles. The van der Waals surface area contributed by atoms with Crippen molar-refractivity contribution in [1.82, 2.24) is 5.32 Å². The summed E-state index contributed by atoms with van der Waals surface area (Å²) in [4.78, 5) is 12.4. The maximum absolute atomic E-state index is 11.0. The highest BCUT2D eigenvalue weighted by Gasteiger charge is 2.21. The first-order valence-corrected chi connectivity index (χ1v) is 6.65. The fourth-order valence-corrected chi connectivity index (χ4v) is 3.11. The number of hydrogen-bond acceptors (Lipinski definition) is 3. The molecule has 4 heteroatoms. The molecule has 0 fully saturated rings. The highest BCUT2D eigenvalue weighted by atomic mass is 32.1. The Labute approximate surface area is 100 Å². The van der Waals surface area contributed by atoms with Crippen molar-refractivity contribution >= 4 is 17.2 Å². The zero-order chi connectivity index (χ0) is 11.5. The molecule has 1 aromatic rings. The van der Waals surface area contributed by atoms with Crippen molar-refractivity contribution in [3.8, 4) is 0 Å². The molecule has 16 heavy (non-hydrogen) atoms. The van der Waals surface area contributed by atoms with Gasteiger partial charge in [-0.3, -0.25) is 4.79 Å². The third-order valence-electron chi connectivity index (χ3n) is 3.21. The minimum Gasteiger partial charge on any atom is -0.369 e. The van der Waals surface area contributed by atoms with Crippen molar-refractivity contribution < 1.29 is 4.79 Å². The second-order valence-corrected chi connectivity index (χ2v) is 5.46. The van der Waals surface area contributed by atoms with Gasteiger partial charge in [0.25, 0.3) is 0 Å². The quantitative estimate of drug-likeness (QED) is 0.841. The van der Waals surface area contributed by atoms with Crippen molar-refractivity contribution in [2.24, 2.45) is 11.7 Å². The number of hydrogen-bond donors (Lipinski definition) is 2. The van der Waals surface area contributed by atoms with Crippen LogP contribution in [-0.4, -0.2) is 12.5 Å². The molecule has 0 aliphatic heterocycles. The van der Waals surface area contributed by atoms with Gasteiger partial charge in [0, 0.05) is 23.4 Å². The minimum absolute atomic E-state index is 0.0935. The summed E-state index contributed by atoms with van der Waals surface area (Å²) in [6.45, 7) is 2.54. The molecule has 0 aromatic carbocycles. The maximum atomic E-state index is 11.0. The smallest absolute Gasteiger partial charge is 0.221 e. The van der Waals surface area contributed by atoms with Gasteiger partial charge in [0.1, 0.15) is 0 Å². The van der Waals surface area contributed by atoms with Crippen molar-refractivity contribution in [2.75, 3.05) is 6.54 Å². The topological polar surface area (TPSA) is 55.1 Å². The van der Waals surface area contributed by atoms with E-state index in [1.54, 1.807) is 0 Å². The lowest BCUT2D eigenvalue weighted by molar-refractivity contribution is -0.121. The lowest BCUT2D eigenvalue weighted by Crippen LogP contribution is -2.34. The number of carbonyl (C=O) groups is 1. The molecule has 1 aliphatic rings. The SMILES string of the molecule is CC(CNC1CCCc2sccc21)C(N)=O. The van der Waals surface area contributed by atoms with E-state index in [-0.39, 0.29) is 11.8 Å². The van der Waals surface area contributed by atoms with E-state index >= 15 is 0 Å². The number of amides is 1. The van der Waals surface area contributed by atoms with Gasteiger partial charge in [-0.15, -0.1) is 11.3 Å². The number of fused-ring (bicyclic) bond motifs is 1. The molecular formula is C12H18N2OS. The summed E-state index contributed by atoms with van der Waals surface area (Å²) >= 11 is 1.84. The van der Waals surface area contributed by atoms with Gasteiger partial charge in [-0.1, -0.05) is 6.92 Å². The Hall–Kier alpha value is -0.870. The van der Waals surface area contributed by atoms with Gasteiger partial charge >= 0.3 is 0 Å². The van der Waals surface area contributed by atoms with Gasteiger partial charge in [0.2, 0.25) is 5.91 Å². The van der Waals surface area contributed by atoms with Gasteiger partial charge in [-0.2, -0.15) is 0 Å². The summed E-state index contributed by atoms with van der Waals surface area (Å²) in [5.41, 5.74) is 6.67. The van der Waals surface area contributed by atoms with Crippen molar-refractivity contribution in [3.05, 3.63) is 21.9 Å². The van der Waals surface area contributed by atoms with E-state index in [1.807, 2.05) is 18.3 Å². The molecule has 1 aromatic heterocycles. The summed E-state index contributed by atoms with van der Waals surface area (Å²) in [6, 6.07) is 2.61. The highest BCUT2D eigenvalue weighted by Crippen LogP contribution is 2.33. The fraction of sp³-hybridized carbons (Fsp3) is 0.583. The van der Waals surface area contributed by atoms with Crippen LogP contribution in [0.1, 0.15) is 36.2 Å². The number of primary amides is 1. The van der Waals surface area contributed by atoms with E-state index in [1.165, 1.54) is 23.3 Å². The number of nitrogens with two attached hydrogens (primary N) is 1. The fourth-order valence-electron chi connectivity index (χ4n) is 2.12. The molecule has 0 saturated carbocycles. The van der Waals surface area contributed by atoms with Crippen LogP contribution in [0.15, 0.2) is 11.4 Å². The normalized spacial score (nSPS) is 21.4. The average molecular weight is 238 g/mol. The van der Waals surface area contributed by atoms with Crippen LogP contribution in [0.5, 0.6) is 0 Å². The third kappa shape index (κ3) is 2.44. The summed E-state index contributed by atoms with van der Waals surface area (Å²) in [5, 5.41) is 5.61. The Morgan fingerprint density at radius 3 is 3.31 bits per heavy atom. The number of nitrogens with one attached hydrogen (secondary N) is 1. The molecule has 2 atom stereocenters. The first kappa shape index (κ1) is 11.6. The van der Waals surface area contributed by atoms with Crippen LogP contribution in [0.25, 0.3) is 0 Å². The second kappa shape index (κ2) is 4.97. The van der Waals surface area contributed by atoms with E-state index in [4.69, 9.17) is 5.73 Å². The Kier molecular flexibility index (Phi) is 3.61. The summed E-state index contributed by atoms with van der Waals surface area (Å²) in [5.74, 6) is -0.321. The molecule has 1 heterocycles. The number of rotatable bonds is 4. The van der Waals surface area contributed by atoms with Crippen LogP contribution in [0.2, 0.25) is 0 Å². The molecule has 3 N–H and O–H groups in total. The lowest BCUT2D eigenvalue weighted by atomic mass is 9.93. The van der Waals surface area contributed by atoms with Crippen molar-refractivity contribution in [2.45, 2.75) is 32.2 Å². The number of aryl methyl sites for hydroxylation is 1. The molecule has 0 spiro atoms. The van der Waals surface area contributed by atoms with Gasteiger partial charge in [-0.25, -0.2) is 0 Å².